The Kier molecular flexibility index (Phi) is 3.71. The number of rotatable bonds is 2. The van der Waals surface area contributed by atoms with Gasteiger partial charge in [0.15, 0.2) is 0 Å². The number of anilines is 2. The zero-order chi connectivity index (χ0) is 15.0. The lowest BCUT2D eigenvalue weighted by atomic mass is 10.2. The molecule has 0 spiro atoms. The standard InChI is InChI=1S/C14H9Cl2N3OS/c15-7-1-2-10(9(16)5-7)19-14(20)13-12(17)8-3-4-18-6-11(8)21-13/h1-6H,17H2,(H,19,20). The largest absolute Gasteiger partial charge is 0.397 e. The van der Waals surface area contributed by atoms with Crippen LogP contribution < -0.4 is 11.1 Å². The van der Waals surface area contributed by atoms with Gasteiger partial charge in [-0.3, -0.25) is 9.78 Å². The number of benzene rings is 1. The number of nitrogens with two attached hydrogens (primary N) is 1. The molecule has 0 aliphatic heterocycles. The summed E-state index contributed by atoms with van der Waals surface area (Å²) in [4.78, 5) is 16.8. The van der Waals surface area contributed by atoms with Gasteiger partial charge in [-0.05, 0) is 24.3 Å². The highest BCUT2D eigenvalue weighted by Gasteiger charge is 2.17. The zero-order valence-corrected chi connectivity index (χ0v) is 12.9. The molecule has 4 nitrogen and oxygen atoms in total. The fraction of sp³-hybridized carbons (Fsp3) is 0. The summed E-state index contributed by atoms with van der Waals surface area (Å²) in [5.74, 6) is -0.307. The van der Waals surface area contributed by atoms with Gasteiger partial charge in [0, 0.05) is 22.8 Å². The molecule has 0 atom stereocenters. The van der Waals surface area contributed by atoms with E-state index in [-0.39, 0.29) is 5.91 Å². The Morgan fingerprint density at radius 2 is 2.10 bits per heavy atom. The molecule has 0 bridgehead atoms. The number of nitrogens with zero attached hydrogens (tertiary/aromatic N) is 1. The molecule has 1 aromatic carbocycles. The number of nitrogens with one attached hydrogen (secondary N) is 1. The number of halogens is 2. The maximum atomic E-state index is 12.3. The van der Waals surface area contributed by atoms with Crippen molar-refractivity contribution >= 4 is 61.9 Å². The molecule has 0 radical (unpaired) electrons. The Bertz CT molecular complexity index is 847. The second-order valence-electron chi connectivity index (χ2n) is 4.29. The second-order valence-corrected chi connectivity index (χ2v) is 6.19. The monoisotopic (exact) mass is 337 g/mol. The van der Waals surface area contributed by atoms with Crippen molar-refractivity contribution in [2.75, 3.05) is 11.1 Å². The molecule has 3 N–H and O–H groups in total. The Morgan fingerprint density at radius 1 is 1.29 bits per heavy atom. The Labute approximate surface area is 134 Å². The van der Waals surface area contributed by atoms with E-state index in [9.17, 15) is 4.79 Å². The first-order valence-corrected chi connectivity index (χ1v) is 7.52. The van der Waals surface area contributed by atoms with E-state index in [1.165, 1.54) is 11.3 Å². The van der Waals surface area contributed by atoms with Crippen molar-refractivity contribution in [1.82, 2.24) is 4.98 Å². The summed E-state index contributed by atoms with van der Waals surface area (Å²) in [6, 6.07) is 6.65. The number of carbonyl (C=O) groups is 1. The van der Waals surface area contributed by atoms with Gasteiger partial charge < -0.3 is 11.1 Å². The highest BCUT2D eigenvalue weighted by Crippen LogP contribution is 2.34. The highest BCUT2D eigenvalue weighted by molar-refractivity contribution is 7.21. The molecule has 7 heteroatoms. The summed E-state index contributed by atoms with van der Waals surface area (Å²) < 4.78 is 0.863. The minimum Gasteiger partial charge on any atom is -0.397 e. The summed E-state index contributed by atoms with van der Waals surface area (Å²) in [5, 5.41) is 4.44. The maximum absolute atomic E-state index is 12.3. The van der Waals surface area contributed by atoms with Crippen molar-refractivity contribution in [3.63, 3.8) is 0 Å². The number of hydrogen-bond acceptors (Lipinski definition) is 4. The van der Waals surface area contributed by atoms with Gasteiger partial charge in [0.2, 0.25) is 0 Å². The number of carbonyl (C=O) groups excluding carboxylic acids is 1. The van der Waals surface area contributed by atoms with Crippen LogP contribution in [0.25, 0.3) is 10.1 Å². The number of aromatic nitrogens is 1. The smallest absolute Gasteiger partial charge is 0.267 e. The fourth-order valence-corrected chi connectivity index (χ4v) is 3.35. The highest BCUT2D eigenvalue weighted by atomic mass is 35.5. The van der Waals surface area contributed by atoms with Crippen LogP contribution in [0.15, 0.2) is 36.7 Å². The lowest BCUT2D eigenvalue weighted by Crippen LogP contribution is -2.12. The normalized spacial score (nSPS) is 10.8. The van der Waals surface area contributed by atoms with Crippen LogP contribution in [0.2, 0.25) is 10.0 Å². The van der Waals surface area contributed by atoms with E-state index >= 15 is 0 Å². The average molecular weight is 338 g/mol. The van der Waals surface area contributed by atoms with Gasteiger partial charge in [-0.15, -0.1) is 11.3 Å². The molecule has 0 aliphatic carbocycles. The van der Waals surface area contributed by atoms with Crippen LogP contribution in [0.1, 0.15) is 9.67 Å². The number of thiophene rings is 1. The minimum absolute atomic E-state index is 0.307. The van der Waals surface area contributed by atoms with Gasteiger partial charge in [-0.2, -0.15) is 0 Å². The van der Waals surface area contributed by atoms with Gasteiger partial charge in [0.25, 0.3) is 5.91 Å². The number of amides is 1. The van der Waals surface area contributed by atoms with E-state index in [1.807, 2.05) is 0 Å². The first kappa shape index (κ1) is 14.1. The third kappa shape index (κ3) is 2.68. The van der Waals surface area contributed by atoms with Crippen LogP contribution in [0.4, 0.5) is 11.4 Å². The van der Waals surface area contributed by atoms with Gasteiger partial charge >= 0.3 is 0 Å². The lowest BCUT2D eigenvalue weighted by molar-refractivity contribution is 0.103. The summed E-state index contributed by atoms with van der Waals surface area (Å²) in [5.41, 5.74) is 6.95. The van der Waals surface area contributed by atoms with Gasteiger partial charge in [-0.25, -0.2) is 0 Å². The average Bonchev–Trinajstić information content (AvgIpc) is 2.80. The molecule has 1 amide bonds. The third-order valence-corrected chi connectivity index (χ3v) is 4.62. The first-order valence-electron chi connectivity index (χ1n) is 5.94. The second kappa shape index (κ2) is 5.52. The number of nitrogen functional groups attached to an aromatic ring is 1. The van der Waals surface area contributed by atoms with Crippen LogP contribution in [0.5, 0.6) is 0 Å². The van der Waals surface area contributed by atoms with E-state index in [0.717, 1.165) is 10.1 Å². The molecule has 21 heavy (non-hydrogen) atoms. The van der Waals surface area contributed by atoms with E-state index in [2.05, 4.69) is 10.3 Å². The topological polar surface area (TPSA) is 68.0 Å². The lowest BCUT2D eigenvalue weighted by Gasteiger charge is -2.06. The molecule has 2 aromatic heterocycles. The molecule has 3 aromatic rings. The van der Waals surface area contributed by atoms with Crippen molar-refractivity contribution < 1.29 is 4.79 Å². The predicted molar refractivity (Wildman–Crippen MR) is 88.4 cm³/mol. The summed E-state index contributed by atoms with van der Waals surface area (Å²) >= 11 is 13.2. The van der Waals surface area contributed by atoms with Crippen molar-refractivity contribution in [3.05, 3.63) is 51.6 Å². The van der Waals surface area contributed by atoms with Crippen molar-refractivity contribution in [2.24, 2.45) is 0 Å². The number of hydrogen-bond donors (Lipinski definition) is 2. The van der Waals surface area contributed by atoms with Crippen LogP contribution in [0, 0.1) is 0 Å². The molecule has 0 aliphatic rings. The Balaban J connectivity index is 1.95. The molecule has 0 saturated carbocycles. The molecule has 2 heterocycles. The first-order chi connectivity index (χ1) is 10.1. The number of fused-ring (bicyclic) bond motifs is 1. The van der Waals surface area contributed by atoms with E-state index < -0.39 is 0 Å². The van der Waals surface area contributed by atoms with E-state index in [0.29, 0.717) is 26.3 Å². The SMILES string of the molecule is Nc1c(C(=O)Nc2ccc(Cl)cc2Cl)sc2cnccc12. The molecular weight excluding hydrogens is 329 g/mol. The summed E-state index contributed by atoms with van der Waals surface area (Å²) in [6.45, 7) is 0. The maximum Gasteiger partial charge on any atom is 0.267 e. The van der Waals surface area contributed by atoms with Gasteiger partial charge in [0.05, 0.1) is 21.1 Å². The van der Waals surface area contributed by atoms with Crippen molar-refractivity contribution in [2.45, 2.75) is 0 Å². The predicted octanol–water partition coefficient (Wildman–Crippen LogP) is 4.44. The molecule has 0 saturated heterocycles. The molecule has 0 fully saturated rings. The van der Waals surface area contributed by atoms with Crippen molar-refractivity contribution in [1.29, 1.82) is 0 Å². The number of pyridine rings is 1. The van der Waals surface area contributed by atoms with E-state index in [1.54, 1.807) is 36.7 Å². The zero-order valence-electron chi connectivity index (χ0n) is 10.6. The molecular formula is C14H9Cl2N3OS. The summed E-state index contributed by atoms with van der Waals surface area (Å²) in [6.07, 6.45) is 3.32. The summed E-state index contributed by atoms with van der Waals surface area (Å²) in [7, 11) is 0. The van der Waals surface area contributed by atoms with Crippen LogP contribution in [-0.4, -0.2) is 10.9 Å². The molecule has 0 unspecified atom stereocenters. The van der Waals surface area contributed by atoms with Crippen LogP contribution in [0.3, 0.4) is 0 Å². The Hall–Kier alpha value is -1.82. The van der Waals surface area contributed by atoms with Crippen LogP contribution >= 0.6 is 34.5 Å². The minimum atomic E-state index is -0.307. The van der Waals surface area contributed by atoms with E-state index in [4.69, 9.17) is 28.9 Å². The van der Waals surface area contributed by atoms with Crippen molar-refractivity contribution in [3.8, 4) is 0 Å². The van der Waals surface area contributed by atoms with Gasteiger partial charge in [0.1, 0.15) is 4.88 Å². The molecule has 106 valence electrons. The quantitative estimate of drug-likeness (QED) is 0.726. The van der Waals surface area contributed by atoms with Gasteiger partial charge in [-0.1, -0.05) is 23.2 Å². The third-order valence-electron chi connectivity index (χ3n) is 2.92. The fourth-order valence-electron chi connectivity index (χ4n) is 1.91. The molecule has 3 rings (SSSR count). The Morgan fingerprint density at radius 3 is 2.81 bits per heavy atom. The van der Waals surface area contributed by atoms with Crippen LogP contribution in [-0.2, 0) is 0 Å².